The van der Waals surface area contributed by atoms with E-state index in [4.69, 9.17) is 4.74 Å². The van der Waals surface area contributed by atoms with Gasteiger partial charge in [-0.15, -0.1) is 0 Å². The molecule has 0 bridgehead atoms. The first kappa shape index (κ1) is 18.7. The van der Waals surface area contributed by atoms with E-state index in [1.54, 1.807) is 6.07 Å². The molecule has 7 heteroatoms. The van der Waals surface area contributed by atoms with Crippen LogP contribution in [0.4, 0.5) is 11.4 Å². The number of nitro benzene ring substituents is 1. The van der Waals surface area contributed by atoms with Crippen molar-refractivity contribution in [1.82, 2.24) is 5.32 Å². The van der Waals surface area contributed by atoms with Crippen LogP contribution in [0.15, 0.2) is 42.5 Å². The number of rotatable bonds is 7. The van der Waals surface area contributed by atoms with Crippen molar-refractivity contribution in [2.75, 3.05) is 31.1 Å². The first-order valence-corrected chi connectivity index (χ1v) is 9.05. The van der Waals surface area contributed by atoms with Crippen molar-refractivity contribution in [3.8, 4) is 5.75 Å². The van der Waals surface area contributed by atoms with Gasteiger partial charge in [-0.3, -0.25) is 14.9 Å². The van der Waals surface area contributed by atoms with E-state index < -0.39 is 4.92 Å². The van der Waals surface area contributed by atoms with Gasteiger partial charge in [0.15, 0.2) is 0 Å². The van der Waals surface area contributed by atoms with Crippen LogP contribution in [0.25, 0.3) is 0 Å². The number of non-ortho nitro benzene ring substituents is 1. The molecule has 3 rings (SSSR count). The molecule has 1 aliphatic heterocycles. The molecule has 1 fully saturated rings. The average molecular weight is 369 g/mol. The molecule has 0 spiro atoms. The third kappa shape index (κ3) is 4.75. The van der Waals surface area contributed by atoms with Crippen molar-refractivity contribution in [1.29, 1.82) is 0 Å². The summed E-state index contributed by atoms with van der Waals surface area (Å²) in [6.07, 6.45) is 2.12. The Balaban J connectivity index is 1.64. The molecule has 0 radical (unpaired) electrons. The highest BCUT2D eigenvalue weighted by Crippen LogP contribution is 2.28. The third-order valence-corrected chi connectivity index (χ3v) is 4.56. The fourth-order valence-electron chi connectivity index (χ4n) is 3.12. The maximum absolute atomic E-state index is 12.6. The summed E-state index contributed by atoms with van der Waals surface area (Å²) in [5, 5.41) is 13.9. The predicted molar refractivity (Wildman–Crippen MR) is 104 cm³/mol. The largest absolute Gasteiger partial charge is 0.492 e. The fraction of sp³-hybridized carbons (Fsp3) is 0.350. The second-order valence-electron chi connectivity index (χ2n) is 6.57. The summed E-state index contributed by atoms with van der Waals surface area (Å²) in [4.78, 5) is 25.3. The van der Waals surface area contributed by atoms with Crippen LogP contribution in [-0.2, 0) is 0 Å². The zero-order valence-corrected chi connectivity index (χ0v) is 15.3. The van der Waals surface area contributed by atoms with Gasteiger partial charge in [-0.05, 0) is 38.0 Å². The van der Waals surface area contributed by atoms with Crippen LogP contribution in [0.3, 0.4) is 0 Å². The van der Waals surface area contributed by atoms with Gasteiger partial charge in [0.2, 0.25) is 0 Å². The lowest BCUT2D eigenvalue weighted by Gasteiger charge is -2.20. The fourth-order valence-corrected chi connectivity index (χ4v) is 3.12. The molecule has 0 atom stereocenters. The molecule has 1 aliphatic rings. The Hall–Kier alpha value is -3.09. The summed E-state index contributed by atoms with van der Waals surface area (Å²) in [5.74, 6) is 0.413. The summed E-state index contributed by atoms with van der Waals surface area (Å²) < 4.78 is 5.61. The van der Waals surface area contributed by atoms with E-state index in [0.29, 0.717) is 18.7 Å². The highest BCUT2D eigenvalue weighted by molar-refractivity contribution is 6.00. The Kier molecular flexibility index (Phi) is 5.90. The minimum absolute atomic E-state index is 0.0843. The van der Waals surface area contributed by atoms with E-state index >= 15 is 0 Å². The molecular weight excluding hydrogens is 346 g/mol. The first-order chi connectivity index (χ1) is 13.0. The number of aryl methyl sites for hydroxylation is 1. The van der Waals surface area contributed by atoms with E-state index in [1.165, 1.54) is 12.1 Å². The van der Waals surface area contributed by atoms with E-state index in [-0.39, 0.29) is 11.6 Å². The standard InChI is InChI=1S/C20H23N3O4/c1-15-4-7-17(8-5-15)27-13-10-21-20(24)18-14-16(23(25)26)6-9-19(18)22-11-2-3-12-22/h4-9,14H,2-3,10-13H2,1H3,(H,21,24). The smallest absolute Gasteiger partial charge is 0.270 e. The van der Waals surface area contributed by atoms with E-state index in [2.05, 4.69) is 10.2 Å². The monoisotopic (exact) mass is 369 g/mol. The second-order valence-corrected chi connectivity index (χ2v) is 6.57. The number of carbonyl (C=O) groups excluding carboxylic acids is 1. The van der Waals surface area contributed by atoms with Crippen molar-refractivity contribution in [3.05, 3.63) is 63.7 Å². The number of hydrogen-bond acceptors (Lipinski definition) is 5. The second kappa shape index (κ2) is 8.53. The molecule has 0 unspecified atom stereocenters. The van der Waals surface area contributed by atoms with Crippen LogP contribution in [0.2, 0.25) is 0 Å². The number of hydrogen-bond donors (Lipinski definition) is 1. The van der Waals surface area contributed by atoms with Gasteiger partial charge in [-0.1, -0.05) is 17.7 Å². The SMILES string of the molecule is Cc1ccc(OCCNC(=O)c2cc([N+](=O)[O-])ccc2N2CCCC2)cc1. The normalized spacial score (nSPS) is 13.4. The highest BCUT2D eigenvalue weighted by atomic mass is 16.6. The highest BCUT2D eigenvalue weighted by Gasteiger charge is 2.22. The lowest BCUT2D eigenvalue weighted by molar-refractivity contribution is -0.384. The van der Waals surface area contributed by atoms with E-state index in [1.807, 2.05) is 31.2 Å². The lowest BCUT2D eigenvalue weighted by Crippen LogP contribution is -2.30. The number of anilines is 1. The molecule has 0 aliphatic carbocycles. The quantitative estimate of drug-likeness (QED) is 0.460. The Morgan fingerprint density at radius 1 is 1.19 bits per heavy atom. The third-order valence-electron chi connectivity index (χ3n) is 4.56. The number of nitro groups is 1. The molecule has 2 aromatic rings. The van der Waals surface area contributed by atoms with Gasteiger partial charge in [0.1, 0.15) is 12.4 Å². The molecule has 0 saturated carbocycles. The van der Waals surface area contributed by atoms with Gasteiger partial charge in [0.25, 0.3) is 11.6 Å². The van der Waals surface area contributed by atoms with Gasteiger partial charge in [0, 0.05) is 25.2 Å². The number of ether oxygens (including phenoxy) is 1. The number of nitrogens with zero attached hydrogens (tertiary/aromatic N) is 2. The summed E-state index contributed by atoms with van der Waals surface area (Å²) in [6, 6.07) is 12.1. The van der Waals surface area contributed by atoms with Crippen molar-refractivity contribution >= 4 is 17.3 Å². The number of carbonyl (C=O) groups is 1. The van der Waals surface area contributed by atoms with E-state index in [9.17, 15) is 14.9 Å². The van der Waals surface area contributed by atoms with E-state index in [0.717, 1.165) is 42.9 Å². The van der Waals surface area contributed by atoms with Crippen molar-refractivity contribution in [2.45, 2.75) is 19.8 Å². The van der Waals surface area contributed by atoms with Crippen LogP contribution in [-0.4, -0.2) is 37.1 Å². The molecule has 2 aromatic carbocycles. The van der Waals surface area contributed by atoms with Crippen LogP contribution < -0.4 is 15.0 Å². The lowest BCUT2D eigenvalue weighted by atomic mass is 10.1. The molecule has 1 saturated heterocycles. The summed E-state index contributed by atoms with van der Waals surface area (Å²) in [6.45, 7) is 4.35. The average Bonchev–Trinajstić information content (AvgIpc) is 3.20. The van der Waals surface area contributed by atoms with Crippen LogP contribution in [0.1, 0.15) is 28.8 Å². The minimum Gasteiger partial charge on any atom is -0.492 e. The van der Waals surface area contributed by atoms with Crippen molar-refractivity contribution in [2.24, 2.45) is 0 Å². The predicted octanol–water partition coefficient (Wildman–Crippen LogP) is 3.31. The van der Waals surface area contributed by atoms with Gasteiger partial charge in [-0.25, -0.2) is 0 Å². The van der Waals surface area contributed by atoms with Gasteiger partial charge >= 0.3 is 0 Å². The topological polar surface area (TPSA) is 84.7 Å². The molecule has 7 nitrogen and oxygen atoms in total. The van der Waals surface area contributed by atoms with Gasteiger partial charge < -0.3 is 15.0 Å². The molecular formula is C20H23N3O4. The summed E-state index contributed by atoms with van der Waals surface area (Å²) >= 11 is 0. The Labute approximate surface area is 158 Å². The van der Waals surface area contributed by atoms with Gasteiger partial charge in [0.05, 0.1) is 22.7 Å². The van der Waals surface area contributed by atoms with Crippen molar-refractivity contribution in [3.63, 3.8) is 0 Å². The zero-order valence-electron chi connectivity index (χ0n) is 15.3. The Morgan fingerprint density at radius 2 is 1.89 bits per heavy atom. The molecule has 27 heavy (non-hydrogen) atoms. The first-order valence-electron chi connectivity index (χ1n) is 9.05. The van der Waals surface area contributed by atoms with Gasteiger partial charge in [-0.2, -0.15) is 0 Å². The molecule has 1 N–H and O–H groups in total. The molecule has 1 heterocycles. The molecule has 142 valence electrons. The number of benzene rings is 2. The van der Waals surface area contributed by atoms with Crippen LogP contribution >= 0.6 is 0 Å². The maximum atomic E-state index is 12.6. The Morgan fingerprint density at radius 3 is 2.56 bits per heavy atom. The summed E-state index contributed by atoms with van der Waals surface area (Å²) in [7, 11) is 0. The zero-order chi connectivity index (χ0) is 19.2. The van der Waals surface area contributed by atoms with Crippen molar-refractivity contribution < 1.29 is 14.5 Å². The number of amides is 1. The van der Waals surface area contributed by atoms with Crippen LogP contribution in [0, 0.1) is 17.0 Å². The van der Waals surface area contributed by atoms with Crippen LogP contribution in [0.5, 0.6) is 5.75 Å². The number of nitrogens with one attached hydrogen (secondary N) is 1. The molecule has 0 aromatic heterocycles. The minimum atomic E-state index is -0.481. The molecule has 1 amide bonds. The maximum Gasteiger partial charge on any atom is 0.270 e. The summed E-state index contributed by atoms with van der Waals surface area (Å²) in [5.41, 5.74) is 2.14. The Bertz CT molecular complexity index is 814.